The zero-order valence-electron chi connectivity index (χ0n) is 10.9. The van der Waals surface area contributed by atoms with Crippen LogP contribution in [0.4, 0.5) is 5.82 Å². The van der Waals surface area contributed by atoms with Gasteiger partial charge in [0.1, 0.15) is 11.5 Å². The van der Waals surface area contributed by atoms with Gasteiger partial charge in [0.15, 0.2) is 6.29 Å². The van der Waals surface area contributed by atoms with Crippen LogP contribution in [0.2, 0.25) is 5.28 Å². The molecular formula is C14H13ClN4O2. The fourth-order valence-corrected chi connectivity index (χ4v) is 2.21. The highest BCUT2D eigenvalue weighted by atomic mass is 35.5. The molecule has 0 saturated carbocycles. The molecule has 0 atom stereocenters. The summed E-state index contributed by atoms with van der Waals surface area (Å²) in [4.78, 5) is 11.3. The Kier molecular flexibility index (Phi) is 3.74. The summed E-state index contributed by atoms with van der Waals surface area (Å²) in [5, 5.41) is 22.3. The molecule has 3 rings (SSSR count). The second-order valence-electron chi connectivity index (χ2n) is 4.55. The number of rotatable bonds is 4. The van der Waals surface area contributed by atoms with E-state index in [4.69, 9.17) is 21.8 Å². The molecule has 2 heterocycles. The van der Waals surface area contributed by atoms with E-state index in [9.17, 15) is 0 Å². The van der Waals surface area contributed by atoms with Crippen LogP contribution in [0.1, 0.15) is 17.4 Å². The van der Waals surface area contributed by atoms with E-state index in [2.05, 4.69) is 20.3 Å². The topological polar surface area (TPSA) is 94.1 Å². The highest BCUT2D eigenvalue weighted by Crippen LogP contribution is 2.21. The number of H-pyrrole nitrogens is 1. The maximum atomic E-state index is 9.05. The largest absolute Gasteiger partial charge is 0.365 e. The monoisotopic (exact) mass is 304 g/mol. The SMILES string of the molecule is OC(O)c1ccc(CNc2nc(Cl)nc3[nH]ccc23)cc1. The molecule has 0 aliphatic heterocycles. The van der Waals surface area contributed by atoms with E-state index in [1.165, 1.54) is 0 Å². The number of nitrogens with one attached hydrogen (secondary N) is 2. The van der Waals surface area contributed by atoms with Crippen LogP contribution in [-0.2, 0) is 6.54 Å². The predicted octanol–water partition coefficient (Wildman–Crippen LogP) is 2.21. The summed E-state index contributed by atoms with van der Waals surface area (Å²) in [7, 11) is 0. The molecule has 0 amide bonds. The summed E-state index contributed by atoms with van der Waals surface area (Å²) in [5.74, 6) is 0.650. The quantitative estimate of drug-likeness (QED) is 0.438. The van der Waals surface area contributed by atoms with Gasteiger partial charge in [-0.05, 0) is 23.2 Å². The van der Waals surface area contributed by atoms with Crippen molar-refractivity contribution in [2.75, 3.05) is 5.32 Å². The van der Waals surface area contributed by atoms with Crippen LogP contribution in [0.3, 0.4) is 0 Å². The molecule has 0 aliphatic carbocycles. The first kappa shape index (κ1) is 13.8. The first-order valence-electron chi connectivity index (χ1n) is 6.33. The van der Waals surface area contributed by atoms with E-state index >= 15 is 0 Å². The van der Waals surface area contributed by atoms with Crippen LogP contribution in [0.15, 0.2) is 36.5 Å². The molecule has 4 N–H and O–H groups in total. The van der Waals surface area contributed by atoms with Gasteiger partial charge < -0.3 is 20.5 Å². The van der Waals surface area contributed by atoms with Gasteiger partial charge in [-0.2, -0.15) is 4.98 Å². The van der Waals surface area contributed by atoms with Gasteiger partial charge in [-0.3, -0.25) is 0 Å². The molecule has 21 heavy (non-hydrogen) atoms. The molecule has 0 saturated heterocycles. The van der Waals surface area contributed by atoms with Crippen LogP contribution in [0.25, 0.3) is 11.0 Å². The van der Waals surface area contributed by atoms with Crippen molar-refractivity contribution in [3.05, 3.63) is 52.9 Å². The van der Waals surface area contributed by atoms with Gasteiger partial charge in [0.05, 0.1) is 5.39 Å². The number of hydrogen-bond acceptors (Lipinski definition) is 5. The number of aliphatic hydroxyl groups excluding tert-OH is 1. The second kappa shape index (κ2) is 5.69. The van der Waals surface area contributed by atoms with Crippen molar-refractivity contribution < 1.29 is 10.2 Å². The lowest BCUT2D eigenvalue weighted by atomic mass is 10.1. The standard InChI is InChI=1S/C14H13ClN4O2/c15-14-18-11-10(5-6-16-11)12(19-14)17-7-8-1-3-9(4-2-8)13(20)21/h1-6,13,20-21H,7H2,(H2,16,17,18,19). The lowest BCUT2D eigenvalue weighted by Crippen LogP contribution is -2.03. The molecular weight excluding hydrogens is 292 g/mol. The van der Waals surface area contributed by atoms with Crippen LogP contribution in [-0.4, -0.2) is 25.2 Å². The Morgan fingerprint density at radius 3 is 2.62 bits per heavy atom. The van der Waals surface area contributed by atoms with E-state index in [1.807, 2.05) is 18.2 Å². The van der Waals surface area contributed by atoms with Crippen molar-refractivity contribution in [3.63, 3.8) is 0 Å². The van der Waals surface area contributed by atoms with E-state index < -0.39 is 6.29 Å². The Morgan fingerprint density at radius 2 is 1.90 bits per heavy atom. The third-order valence-electron chi connectivity index (χ3n) is 3.13. The number of halogens is 1. The summed E-state index contributed by atoms with van der Waals surface area (Å²) in [5.41, 5.74) is 2.12. The minimum Gasteiger partial charge on any atom is -0.365 e. The highest BCUT2D eigenvalue weighted by Gasteiger charge is 2.07. The number of aliphatic hydroxyl groups is 2. The minimum atomic E-state index is -1.45. The molecule has 108 valence electrons. The minimum absolute atomic E-state index is 0.172. The van der Waals surface area contributed by atoms with Gasteiger partial charge in [0.2, 0.25) is 5.28 Å². The van der Waals surface area contributed by atoms with E-state index in [1.54, 1.807) is 18.3 Å². The number of aromatic amines is 1. The summed E-state index contributed by atoms with van der Waals surface area (Å²) < 4.78 is 0. The number of hydrogen-bond donors (Lipinski definition) is 4. The fraction of sp³-hybridized carbons (Fsp3) is 0.143. The molecule has 2 aromatic heterocycles. The second-order valence-corrected chi connectivity index (χ2v) is 4.89. The smallest absolute Gasteiger partial charge is 0.226 e. The molecule has 0 fully saturated rings. The average molecular weight is 305 g/mol. The van der Waals surface area contributed by atoms with Crippen molar-refractivity contribution >= 4 is 28.5 Å². The number of aromatic nitrogens is 3. The zero-order chi connectivity index (χ0) is 14.8. The number of anilines is 1. The summed E-state index contributed by atoms with van der Waals surface area (Å²) in [6.07, 6.45) is 0.324. The molecule has 1 aromatic carbocycles. The average Bonchev–Trinajstić information content (AvgIpc) is 2.93. The number of nitrogens with zero attached hydrogens (tertiary/aromatic N) is 2. The van der Waals surface area contributed by atoms with Crippen molar-refractivity contribution in [1.29, 1.82) is 0 Å². The van der Waals surface area contributed by atoms with Gasteiger partial charge in [-0.1, -0.05) is 24.3 Å². The summed E-state index contributed by atoms with van der Waals surface area (Å²) in [6.45, 7) is 0.537. The van der Waals surface area contributed by atoms with Crippen LogP contribution in [0, 0.1) is 0 Å². The van der Waals surface area contributed by atoms with E-state index in [0.717, 1.165) is 10.9 Å². The van der Waals surface area contributed by atoms with Crippen molar-refractivity contribution in [2.45, 2.75) is 12.8 Å². The van der Waals surface area contributed by atoms with Gasteiger partial charge in [-0.25, -0.2) is 4.98 Å². The normalized spacial score (nSPS) is 11.2. The van der Waals surface area contributed by atoms with Crippen LogP contribution < -0.4 is 5.32 Å². The lowest BCUT2D eigenvalue weighted by molar-refractivity contribution is -0.0424. The maximum absolute atomic E-state index is 9.05. The van der Waals surface area contributed by atoms with E-state index in [-0.39, 0.29) is 5.28 Å². The fourth-order valence-electron chi connectivity index (χ4n) is 2.04. The van der Waals surface area contributed by atoms with Crippen molar-refractivity contribution in [1.82, 2.24) is 15.0 Å². The number of benzene rings is 1. The van der Waals surface area contributed by atoms with Crippen molar-refractivity contribution in [3.8, 4) is 0 Å². The van der Waals surface area contributed by atoms with E-state index in [0.29, 0.717) is 23.6 Å². The lowest BCUT2D eigenvalue weighted by Gasteiger charge is -2.08. The molecule has 0 spiro atoms. The van der Waals surface area contributed by atoms with Gasteiger partial charge in [-0.15, -0.1) is 0 Å². The Labute approximate surface area is 125 Å². The van der Waals surface area contributed by atoms with Crippen LogP contribution in [0.5, 0.6) is 0 Å². The molecule has 0 unspecified atom stereocenters. The van der Waals surface area contributed by atoms with Gasteiger partial charge >= 0.3 is 0 Å². The molecule has 0 aliphatic rings. The predicted molar refractivity (Wildman–Crippen MR) is 79.8 cm³/mol. The first-order chi connectivity index (χ1) is 10.1. The first-order valence-corrected chi connectivity index (χ1v) is 6.71. The Bertz CT molecular complexity index is 755. The molecule has 6 nitrogen and oxygen atoms in total. The Hall–Kier alpha value is -2.15. The molecule has 0 bridgehead atoms. The van der Waals surface area contributed by atoms with Crippen molar-refractivity contribution in [2.24, 2.45) is 0 Å². The molecule has 0 radical (unpaired) electrons. The van der Waals surface area contributed by atoms with Gasteiger partial charge in [0.25, 0.3) is 0 Å². The Morgan fingerprint density at radius 1 is 1.14 bits per heavy atom. The third kappa shape index (κ3) is 2.97. The molecule has 7 heteroatoms. The summed E-state index contributed by atoms with van der Waals surface area (Å²) in [6, 6.07) is 8.85. The zero-order valence-corrected chi connectivity index (χ0v) is 11.7. The number of fused-ring (bicyclic) bond motifs is 1. The maximum Gasteiger partial charge on any atom is 0.226 e. The Balaban J connectivity index is 1.78. The van der Waals surface area contributed by atoms with Crippen LogP contribution >= 0.6 is 11.6 Å². The third-order valence-corrected chi connectivity index (χ3v) is 3.30. The summed E-state index contributed by atoms with van der Waals surface area (Å²) >= 11 is 5.88. The van der Waals surface area contributed by atoms with Gasteiger partial charge in [0, 0.05) is 18.3 Å². The molecule has 3 aromatic rings. The highest BCUT2D eigenvalue weighted by molar-refractivity contribution is 6.28.